The minimum Gasteiger partial charge on any atom is -0.459 e. The zero-order chi connectivity index (χ0) is 9.56. The van der Waals surface area contributed by atoms with Crippen LogP contribution in [-0.4, -0.2) is 38.9 Å². The van der Waals surface area contributed by atoms with Crippen molar-refractivity contribution < 1.29 is 14.3 Å². The van der Waals surface area contributed by atoms with Crippen LogP contribution in [0.1, 0.15) is 13.8 Å². The Balaban J connectivity index is 3.67. The third-order valence-corrected chi connectivity index (χ3v) is 1.51. The topological polar surface area (TPSA) is 47.6 Å². The number of likely N-dealkylation sites (N-methyl/N-ethyl adjacent to an activating group) is 1. The van der Waals surface area contributed by atoms with Gasteiger partial charge in [-0.15, -0.1) is 0 Å². The standard InChI is InChI=1S/C8H17NO3/c1-6(5-11-4)12-8(10)7(2)9-3/h6-7,9H,5H2,1-4H3. The Hall–Kier alpha value is -0.610. The van der Waals surface area contributed by atoms with E-state index in [4.69, 9.17) is 9.47 Å². The fraction of sp³-hybridized carbons (Fsp3) is 0.875. The molecule has 0 aliphatic heterocycles. The molecule has 0 radical (unpaired) electrons. The highest BCUT2D eigenvalue weighted by atomic mass is 16.6. The maximum Gasteiger partial charge on any atom is 0.323 e. The Bertz CT molecular complexity index is 138. The predicted molar refractivity (Wildman–Crippen MR) is 46.0 cm³/mol. The second kappa shape index (κ2) is 5.97. The Morgan fingerprint density at radius 1 is 1.50 bits per heavy atom. The fourth-order valence-electron chi connectivity index (χ4n) is 0.687. The van der Waals surface area contributed by atoms with Crippen LogP contribution in [0.2, 0.25) is 0 Å². The maximum absolute atomic E-state index is 11.1. The first-order valence-electron chi connectivity index (χ1n) is 3.98. The molecule has 4 nitrogen and oxygen atoms in total. The largest absolute Gasteiger partial charge is 0.459 e. The highest BCUT2D eigenvalue weighted by Crippen LogP contribution is 1.95. The van der Waals surface area contributed by atoms with Crippen molar-refractivity contribution in [3.63, 3.8) is 0 Å². The Labute approximate surface area is 73.2 Å². The molecule has 0 fully saturated rings. The summed E-state index contributed by atoms with van der Waals surface area (Å²) in [6, 6.07) is -0.260. The minimum atomic E-state index is -0.260. The van der Waals surface area contributed by atoms with Gasteiger partial charge in [0.15, 0.2) is 0 Å². The highest BCUT2D eigenvalue weighted by molar-refractivity contribution is 5.75. The molecule has 0 aromatic heterocycles. The van der Waals surface area contributed by atoms with Gasteiger partial charge < -0.3 is 14.8 Å². The zero-order valence-corrected chi connectivity index (χ0v) is 8.09. The lowest BCUT2D eigenvalue weighted by Crippen LogP contribution is -2.35. The van der Waals surface area contributed by atoms with Crippen molar-refractivity contribution in [1.82, 2.24) is 5.32 Å². The lowest BCUT2D eigenvalue weighted by molar-refractivity contribution is -0.152. The van der Waals surface area contributed by atoms with E-state index in [2.05, 4.69) is 5.32 Å². The van der Waals surface area contributed by atoms with Crippen molar-refractivity contribution in [2.75, 3.05) is 20.8 Å². The van der Waals surface area contributed by atoms with E-state index in [9.17, 15) is 4.79 Å². The van der Waals surface area contributed by atoms with Crippen LogP contribution in [-0.2, 0) is 14.3 Å². The van der Waals surface area contributed by atoms with Crippen LogP contribution in [0, 0.1) is 0 Å². The smallest absolute Gasteiger partial charge is 0.323 e. The van der Waals surface area contributed by atoms with E-state index >= 15 is 0 Å². The first-order chi connectivity index (χ1) is 5.61. The molecule has 0 aromatic rings. The second-order valence-corrected chi connectivity index (χ2v) is 2.71. The van der Waals surface area contributed by atoms with Gasteiger partial charge in [-0.25, -0.2) is 0 Å². The number of esters is 1. The summed E-state index contributed by atoms with van der Waals surface area (Å²) in [5.74, 6) is -0.248. The van der Waals surface area contributed by atoms with E-state index in [1.165, 1.54) is 0 Å². The lowest BCUT2D eigenvalue weighted by atomic mass is 10.3. The molecular formula is C8H17NO3. The lowest BCUT2D eigenvalue weighted by Gasteiger charge is -2.15. The molecule has 0 saturated carbocycles. The van der Waals surface area contributed by atoms with Crippen LogP contribution in [0.3, 0.4) is 0 Å². The number of carbonyl (C=O) groups is 1. The van der Waals surface area contributed by atoms with Crippen molar-refractivity contribution in [1.29, 1.82) is 0 Å². The second-order valence-electron chi connectivity index (χ2n) is 2.71. The van der Waals surface area contributed by atoms with E-state index in [1.807, 2.05) is 0 Å². The number of nitrogens with one attached hydrogen (secondary N) is 1. The molecule has 2 unspecified atom stereocenters. The van der Waals surface area contributed by atoms with Crippen LogP contribution in [0.4, 0.5) is 0 Å². The third-order valence-electron chi connectivity index (χ3n) is 1.51. The SMILES string of the molecule is CNC(C)C(=O)OC(C)COC. The summed E-state index contributed by atoms with van der Waals surface area (Å²) in [6.07, 6.45) is -0.182. The van der Waals surface area contributed by atoms with Gasteiger partial charge in [0, 0.05) is 7.11 Å². The Morgan fingerprint density at radius 2 is 2.08 bits per heavy atom. The summed E-state index contributed by atoms with van der Waals surface area (Å²) in [6.45, 7) is 3.98. The van der Waals surface area contributed by atoms with Crippen molar-refractivity contribution in [2.24, 2.45) is 0 Å². The molecule has 0 bridgehead atoms. The van der Waals surface area contributed by atoms with E-state index in [-0.39, 0.29) is 18.1 Å². The van der Waals surface area contributed by atoms with Crippen molar-refractivity contribution >= 4 is 5.97 Å². The summed E-state index contributed by atoms with van der Waals surface area (Å²) in [5, 5.41) is 2.80. The number of carbonyl (C=O) groups excluding carboxylic acids is 1. The van der Waals surface area contributed by atoms with Crippen LogP contribution in [0.15, 0.2) is 0 Å². The monoisotopic (exact) mass is 175 g/mol. The molecular weight excluding hydrogens is 158 g/mol. The number of hydrogen-bond donors (Lipinski definition) is 1. The van der Waals surface area contributed by atoms with Crippen LogP contribution < -0.4 is 5.32 Å². The fourth-order valence-corrected chi connectivity index (χ4v) is 0.687. The summed E-state index contributed by atoms with van der Waals surface area (Å²) in [7, 11) is 3.29. The minimum absolute atomic E-state index is 0.182. The van der Waals surface area contributed by atoms with Gasteiger partial charge in [0.2, 0.25) is 0 Å². The summed E-state index contributed by atoms with van der Waals surface area (Å²) >= 11 is 0. The van der Waals surface area contributed by atoms with Crippen molar-refractivity contribution in [2.45, 2.75) is 26.0 Å². The van der Waals surface area contributed by atoms with E-state index in [1.54, 1.807) is 28.0 Å². The van der Waals surface area contributed by atoms with E-state index in [0.717, 1.165) is 0 Å². The molecule has 12 heavy (non-hydrogen) atoms. The molecule has 2 atom stereocenters. The molecule has 0 aliphatic carbocycles. The van der Waals surface area contributed by atoms with Crippen molar-refractivity contribution in [3.8, 4) is 0 Å². The molecule has 0 amide bonds. The highest BCUT2D eigenvalue weighted by Gasteiger charge is 2.14. The van der Waals surface area contributed by atoms with Crippen LogP contribution in [0.25, 0.3) is 0 Å². The molecule has 1 N–H and O–H groups in total. The maximum atomic E-state index is 11.1. The average Bonchev–Trinajstić information content (AvgIpc) is 2.03. The van der Waals surface area contributed by atoms with Crippen molar-refractivity contribution in [3.05, 3.63) is 0 Å². The third kappa shape index (κ3) is 4.31. The first-order valence-corrected chi connectivity index (χ1v) is 3.98. The van der Waals surface area contributed by atoms with Gasteiger partial charge in [-0.2, -0.15) is 0 Å². The summed E-state index contributed by atoms with van der Waals surface area (Å²) in [5.41, 5.74) is 0. The number of rotatable bonds is 5. The average molecular weight is 175 g/mol. The van der Waals surface area contributed by atoms with Crippen LogP contribution in [0.5, 0.6) is 0 Å². The van der Waals surface area contributed by atoms with Crippen LogP contribution >= 0.6 is 0 Å². The van der Waals surface area contributed by atoms with E-state index in [0.29, 0.717) is 6.61 Å². The number of methoxy groups -OCH3 is 1. The molecule has 4 heteroatoms. The molecule has 72 valence electrons. The summed E-state index contributed by atoms with van der Waals surface area (Å²) < 4.78 is 9.84. The Morgan fingerprint density at radius 3 is 2.50 bits per heavy atom. The van der Waals surface area contributed by atoms with Gasteiger partial charge in [0.25, 0.3) is 0 Å². The van der Waals surface area contributed by atoms with Gasteiger partial charge in [-0.1, -0.05) is 0 Å². The molecule has 0 aromatic carbocycles. The molecule has 0 spiro atoms. The molecule has 0 saturated heterocycles. The molecule has 0 aliphatic rings. The molecule has 0 rings (SSSR count). The van der Waals surface area contributed by atoms with Gasteiger partial charge >= 0.3 is 5.97 Å². The van der Waals surface area contributed by atoms with Gasteiger partial charge in [0.1, 0.15) is 12.1 Å². The predicted octanol–water partition coefficient (Wildman–Crippen LogP) is 0.172. The normalized spacial score (nSPS) is 15.3. The Kier molecular flexibility index (Phi) is 5.66. The van der Waals surface area contributed by atoms with Gasteiger partial charge in [-0.3, -0.25) is 4.79 Å². The molecule has 0 heterocycles. The van der Waals surface area contributed by atoms with Gasteiger partial charge in [0.05, 0.1) is 6.61 Å². The zero-order valence-electron chi connectivity index (χ0n) is 8.09. The quantitative estimate of drug-likeness (QED) is 0.605. The number of ether oxygens (including phenoxy) is 2. The summed E-state index contributed by atoms with van der Waals surface area (Å²) in [4.78, 5) is 11.1. The number of hydrogen-bond acceptors (Lipinski definition) is 4. The van der Waals surface area contributed by atoms with E-state index < -0.39 is 0 Å². The first kappa shape index (κ1) is 11.4. The van der Waals surface area contributed by atoms with Gasteiger partial charge in [-0.05, 0) is 20.9 Å².